The molecule has 3 fully saturated rings. The molecule has 1 saturated heterocycles. The second-order valence-corrected chi connectivity index (χ2v) is 18.7. The SMILES string of the molecule is CC[C@@]1(OC)[C@@H]([C@@](C)(O)C(C)(C)C)C[C@]2(C)[C@H]3Cc4ccc(OC(=O)N[C@@H](C(=O)OCc5ccccc5)C(C)C)c5c4[C@@]2(CCN3CC2CC2)[C@]1(C)O5. The molecule has 2 aromatic rings. The molecule has 2 saturated carbocycles. The van der Waals surface area contributed by atoms with Gasteiger partial charge in [-0.1, -0.05) is 84.9 Å². The van der Waals surface area contributed by atoms with Gasteiger partial charge in [-0.05, 0) is 98.8 Å². The summed E-state index contributed by atoms with van der Waals surface area (Å²) in [6, 6.07) is 12.8. The Bertz CT molecular complexity index is 1730. The molecule has 2 N–H and O–H groups in total. The minimum Gasteiger partial charge on any atom is -0.479 e. The van der Waals surface area contributed by atoms with Crippen LogP contribution in [-0.2, 0) is 32.7 Å². The van der Waals surface area contributed by atoms with Crippen LogP contribution >= 0.6 is 0 Å². The number of methoxy groups -OCH3 is 1. The van der Waals surface area contributed by atoms with Crippen molar-refractivity contribution in [3.63, 3.8) is 0 Å². The second kappa shape index (κ2) is 13.0. The van der Waals surface area contributed by atoms with Crippen LogP contribution in [0.25, 0.3) is 0 Å². The van der Waals surface area contributed by atoms with Crippen LogP contribution in [0.3, 0.4) is 0 Å². The first-order chi connectivity index (χ1) is 24.9. The normalized spacial score (nSPS) is 33.4. The van der Waals surface area contributed by atoms with Gasteiger partial charge in [0.05, 0.1) is 5.60 Å². The van der Waals surface area contributed by atoms with E-state index in [0.717, 1.165) is 49.4 Å². The Labute approximate surface area is 316 Å². The molecule has 2 heterocycles. The maximum absolute atomic E-state index is 13.8. The number of hydrogen-bond donors (Lipinski definition) is 2. The number of carbonyl (C=O) groups excluding carboxylic acids is 2. The highest BCUT2D eigenvalue weighted by Crippen LogP contribution is 2.77. The number of hydrogen-bond acceptors (Lipinski definition) is 8. The number of rotatable bonds is 11. The molecule has 8 atom stereocenters. The molecule has 5 aliphatic rings. The van der Waals surface area contributed by atoms with Crippen LogP contribution in [-0.4, -0.2) is 71.2 Å². The zero-order valence-corrected chi connectivity index (χ0v) is 33.6. The third-order valence-corrected chi connectivity index (χ3v) is 15.0. The first-order valence-corrected chi connectivity index (χ1v) is 20.0. The average Bonchev–Trinajstić information content (AvgIpc) is 3.87. The van der Waals surface area contributed by atoms with Crippen molar-refractivity contribution in [2.24, 2.45) is 28.6 Å². The van der Waals surface area contributed by atoms with Gasteiger partial charge < -0.3 is 29.4 Å². The topological polar surface area (TPSA) is 107 Å². The molecule has 1 spiro atoms. The zero-order chi connectivity index (χ0) is 38.4. The van der Waals surface area contributed by atoms with Gasteiger partial charge in [0.1, 0.15) is 23.9 Å². The second-order valence-electron chi connectivity index (χ2n) is 18.7. The molecule has 2 bridgehead atoms. The maximum Gasteiger partial charge on any atom is 0.413 e. The number of benzene rings is 2. The van der Waals surface area contributed by atoms with Crippen LogP contribution in [0.15, 0.2) is 42.5 Å². The van der Waals surface area contributed by atoms with Crippen molar-refractivity contribution >= 4 is 12.1 Å². The number of esters is 1. The molecule has 3 aliphatic carbocycles. The van der Waals surface area contributed by atoms with Crippen molar-refractivity contribution in [3.05, 3.63) is 59.2 Å². The van der Waals surface area contributed by atoms with Crippen LogP contribution in [0, 0.1) is 28.6 Å². The number of amides is 1. The predicted molar refractivity (Wildman–Crippen MR) is 204 cm³/mol. The van der Waals surface area contributed by atoms with Crippen molar-refractivity contribution in [2.75, 3.05) is 20.2 Å². The van der Waals surface area contributed by atoms with Gasteiger partial charge in [-0.25, -0.2) is 9.59 Å². The highest BCUT2D eigenvalue weighted by atomic mass is 16.6. The molecule has 2 aromatic carbocycles. The van der Waals surface area contributed by atoms with E-state index in [-0.39, 0.29) is 29.9 Å². The number of carbonyl (C=O) groups is 2. The van der Waals surface area contributed by atoms with Crippen molar-refractivity contribution in [1.82, 2.24) is 10.2 Å². The Morgan fingerprint density at radius 2 is 1.77 bits per heavy atom. The summed E-state index contributed by atoms with van der Waals surface area (Å²) in [6.45, 7) is 21.1. The van der Waals surface area contributed by atoms with Crippen LogP contribution in [0.5, 0.6) is 11.5 Å². The van der Waals surface area contributed by atoms with E-state index in [1.807, 2.05) is 57.2 Å². The molecular weight excluding hydrogens is 668 g/mol. The van der Waals surface area contributed by atoms with Gasteiger partial charge in [-0.15, -0.1) is 0 Å². The maximum atomic E-state index is 13.8. The van der Waals surface area contributed by atoms with E-state index >= 15 is 0 Å². The van der Waals surface area contributed by atoms with Crippen molar-refractivity contribution in [1.29, 1.82) is 0 Å². The lowest BCUT2D eigenvalue weighted by atomic mass is 9.34. The van der Waals surface area contributed by atoms with Crippen molar-refractivity contribution < 1.29 is 33.6 Å². The standard InChI is InChI=1S/C44H62N2O7/c1-11-44(50-10)32(41(8,49)39(4,5)6)24-40(7)33-23-30-19-20-31(36-34(30)43(40,42(44,9)53-36)21-22-46(33)25-28-17-18-28)52-38(48)45-35(27(2)3)37(47)51-26-29-15-13-12-14-16-29/h12-16,19-20,27-28,32-33,35,49H,11,17-18,21-26H2,1-10H3,(H,45,48)/t32-,33-,35-,40-,41-,42+,43-,44-/m1/s1. The van der Waals surface area contributed by atoms with E-state index in [1.54, 1.807) is 7.11 Å². The third kappa shape index (κ3) is 5.48. The summed E-state index contributed by atoms with van der Waals surface area (Å²) < 4.78 is 26.1. The fourth-order valence-electron chi connectivity index (χ4n) is 11.5. The summed E-state index contributed by atoms with van der Waals surface area (Å²) in [5.41, 5.74) is -0.844. The molecular formula is C44H62N2O7. The average molecular weight is 731 g/mol. The number of aliphatic hydroxyl groups is 1. The largest absolute Gasteiger partial charge is 0.479 e. The third-order valence-electron chi connectivity index (χ3n) is 15.0. The molecule has 0 unspecified atom stereocenters. The van der Waals surface area contributed by atoms with Crippen LogP contribution in [0.4, 0.5) is 4.79 Å². The van der Waals surface area contributed by atoms with Gasteiger partial charge >= 0.3 is 12.1 Å². The number of likely N-dealkylation sites (tertiary alicyclic amines) is 1. The quantitative estimate of drug-likeness (QED) is 0.228. The number of nitrogens with zero attached hydrogens (tertiary/aromatic N) is 1. The van der Waals surface area contributed by atoms with E-state index in [4.69, 9.17) is 18.9 Å². The number of piperidine rings is 1. The first-order valence-electron chi connectivity index (χ1n) is 20.0. The Morgan fingerprint density at radius 1 is 1.08 bits per heavy atom. The molecule has 0 radical (unpaired) electrons. The molecule has 1 amide bonds. The van der Waals surface area contributed by atoms with Crippen molar-refractivity contribution in [2.45, 2.75) is 142 Å². The van der Waals surface area contributed by atoms with Gasteiger partial charge in [0.15, 0.2) is 11.5 Å². The van der Waals surface area contributed by atoms with E-state index in [1.165, 1.54) is 18.4 Å². The molecule has 9 nitrogen and oxygen atoms in total. The van der Waals surface area contributed by atoms with Crippen LogP contribution in [0.2, 0.25) is 0 Å². The van der Waals surface area contributed by atoms with Gasteiger partial charge in [-0.3, -0.25) is 4.90 Å². The molecule has 2 aliphatic heterocycles. The minimum atomic E-state index is -1.10. The number of nitrogens with one attached hydrogen (secondary N) is 1. The van der Waals surface area contributed by atoms with Crippen LogP contribution < -0.4 is 14.8 Å². The smallest absolute Gasteiger partial charge is 0.413 e. The summed E-state index contributed by atoms with van der Waals surface area (Å²) in [5, 5.41) is 15.5. The van der Waals surface area contributed by atoms with Gasteiger partial charge in [0, 0.05) is 36.6 Å². The first kappa shape index (κ1) is 38.1. The zero-order valence-electron chi connectivity index (χ0n) is 33.6. The Kier molecular flexibility index (Phi) is 9.34. The summed E-state index contributed by atoms with van der Waals surface area (Å²) >= 11 is 0. The lowest BCUT2D eigenvalue weighted by Crippen LogP contribution is -2.84. The summed E-state index contributed by atoms with van der Waals surface area (Å²) in [7, 11) is 1.78. The Hall–Kier alpha value is -3.14. The van der Waals surface area contributed by atoms with E-state index in [9.17, 15) is 14.7 Å². The molecule has 9 heteroatoms. The summed E-state index contributed by atoms with van der Waals surface area (Å²) in [4.78, 5) is 29.8. The van der Waals surface area contributed by atoms with Gasteiger partial charge in [0.2, 0.25) is 0 Å². The lowest BCUT2D eigenvalue weighted by molar-refractivity contribution is -0.311. The molecule has 53 heavy (non-hydrogen) atoms. The van der Waals surface area contributed by atoms with Gasteiger partial charge in [-0.2, -0.15) is 0 Å². The Morgan fingerprint density at radius 3 is 2.38 bits per heavy atom. The van der Waals surface area contributed by atoms with E-state index < -0.39 is 45.7 Å². The monoisotopic (exact) mass is 730 g/mol. The molecule has 0 aromatic heterocycles. The fraction of sp³-hybridized carbons (Fsp3) is 0.682. The predicted octanol–water partition coefficient (Wildman–Crippen LogP) is 7.59. The van der Waals surface area contributed by atoms with Gasteiger partial charge in [0.25, 0.3) is 0 Å². The van der Waals surface area contributed by atoms with E-state index in [0.29, 0.717) is 17.9 Å². The number of ether oxygens (including phenoxy) is 4. The lowest BCUT2D eigenvalue weighted by Gasteiger charge is -2.74. The summed E-state index contributed by atoms with van der Waals surface area (Å²) in [6.07, 6.45) is 4.98. The highest BCUT2D eigenvalue weighted by molar-refractivity contribution is 5.83. The van der Waals surface area contributed by atoms with Crippen molar-refractivity contribution in [3.8, 4) is 11.5 Å². The summed E-state index contributed by atoms with van der Waals surface area (Å²) in [5.74, 6) is 0.648. The molecule has 290 valence electrons. The Balaban J connectivity index is 1.28. The molecule has 7 rings (SSSR count). The highest BCUT2D eigenvalue weighted by Gasteiger charge is 2.83. The fourth-order valence-corrected chi connectivity index (χ4v) is 11.5. The minimum absolute atomic E-state index is 0.114. The van der Waals surface area contributed by atoms with E-state index in [2.05, 4.69) is 57.8 Å². The van der Waals surface area contributed by atoms with Crippen LogP contribution in [0.1, 0.15) is 111 Å².